The molecule has 0 radical (unpaired) electrons. The van der Waals surface area contributed by atoms with Gasteiger partial charge in [-0.2, -0.15) is 0 Å². The molecule has 0 saturated carbocycles. The molecule has 3 rings (SSSR count). The van der Waals surface area contributed by atoms with E-state index in [1.165, 1.54) is 4.90 Å². The number of rotatable bonds is 9. The molecule has 0 unspecified atom stereocenters. The van der Waals surface area contributed by atoms with E-state index in [1.54, 1.807) is 18.2 Å². The summed E-state index contributed by atoms with van der Waals surface area (Å²) in [5.41, 5.74) is 2.08. The van der Waals surface area contributed by atoms with E-state index in [0.29, 0.717) is 49.3 Å². The minimum Gasteiger partial charge on any atom is -0.481 e. The van der Waals surface area contributed by atoms with Crippen LogP contribution in [0.25, 0.3) is 0 Å². The molecule has 2 aromatic carbocycles. The number of nitrogens with one attached hydrogen (secondary N) is 3. The van der Waals surface area contributed by atoms with E-state index in [1.807, 2.05) is 30.3 Å². The fraction of sp³-hybridized carbons (Fsp3) is 0.304. The van der Waals surface area contributed by atoms with Gasteiger partial charge < -0.3 is 26.0 Å². The molecule has 0 atom stereocenters. The van der Waals surface area contributed by atoms with Gasteiger partial charge in [0, 0.05) is 25.2 Å². The Morgan fingerprint density at radius 3 is 2.56 bits per heavy atom. The van der Waals surface area contributed by atoms with E-state index in [2.05, 4.69) is 16.0 Å². The molecule has 0 spiro atoms. The Morgan fingerprint density at radius 2 is 1.81 bits per heavy atom. The summed E-state index contributed by atoms with van der Waals surface area (Å²) < 4.78 is 0. The van der Waals surface area contributed by atoms with Gasteiger partial charge in [-0.1, -0.05) is 36.8 Å². The van der Waals surface area contributed by atoms with Gasteiger partial charge in [0.1, 0.15) is 6.54 Å². The van der Waals surface area contributed by atoms with Crippen molar-refractivity contribution in [2.45, 2.75) is 32.2 Å². The third kappa shape index (κ3) is 6.56. The Kier molecular flexibility index (Phi) is 7.80. The number of carbonyl (C=O) groups excluding carboxylic acids is 3. The van der Waals surface area contributed by atoms with E-state index >= 15 is 0 Å². The van der Waals surface area contributed by atoms with Crippen LogP contribution in [-0.2, 0) is 16.1 Å². The zero-order chi connectivity index (χ0) is 22.9. The predicted octanol–water partition coefficient (Wildman–Crippen LogP) is 3.05. The van der Waals surface area contributed by atoms with Crippen molar-refractivity contribution in [2.24, 2.45) is 0 Å². The van der Waals surface area contributed by atoms with E-state index in [9.17, 15) is 19.2 Å². The molecule has 0 fully saturated rings. The summed E-state index contributed by atoms with van der Waals surface area (Å²) in [5, 5.41) is 16.9. The molecular weight excluding hydrogens is 412 g/mol. The van der Waals surface area contributed by atoms with Gasteiger partial charge >= 0.3 is 12.0 Å². The number of amides is 4. The molecule has 9 heteroatoms. The van der Waals surface area contributed by atoms with Crippen LogP contribution >= 0.6 is 0 Å². The Balaban J connectivity index is 1.62. The van der Waals surface area contributed by atoms with Crippen LogP contribution in [-0.4, -0.2) is 46.9 Å². The van der Waals surface area contributed by atoms with Gasteiger partial charge in [-0.15, -0.1) is 0 Å². The van der Waals surface area contributed by atoms with Crippen molar-refractivity contribution in [3.05, 3.63) is 59.7 Å². The average Bonchev–Trinajstić information content (AvgIpc) is 2.88. The average molecular weight is 438 g/mol. The molecule has 0 aliphatic carbocycles. The van der Waals surface area contributed by atoms with Crippen molar-refractivity contribution in [3.63, 3.8) is 0 Å². The number of carbonyl (C=O) groups is 4. The van der Waals surface area contributed by atoms with Crippen LogP contribution in [0.5, 0.6) is 0 Å². The normalized spacial score (nSPS) is 13.1. The highest BCUT2D eigenvalue weighted by atomic mass is 16.4. The maximum atomic E-state index is 13.0. The number of benzene rings is 2. The standard InChI is InChI=1S/C23H26N4O5/c28-20-15-27(12-6-2-5-9-21(29)30)22(31)18-13-17(10-11-19(18)26-20)25-23(32)24-14-16-7-3-1-4-8-16/h1,3-4,7-8,10-11,13H,2,5-6,9,12,14-15H2,(H,26,28)(H,29,30)(H2,24,25,32). The highest BCUT2D eigenvalue weighted by Crippen LogP contribution is 2.25. The molecule has 168 valence electrons. The van der Waals surface area contributed by atoms with Crippen molar-refractivity contribution in [1.29, 1.82) is 0 Å². The summed E-state index contributed by atoms with van der Waals surface area (Å²) in [4.78, 5) is 49.5. The minimum absolute atomic E-state index is 0.0766. The summed E-state index contributed by atoms with van der Waals surface area (Å²) in [5.74, 6) is -1.47. The first kappa shape index (κ1) is 22.8. The van der Waals surface area contributed by atoms with Gasteiger partial charge in [0.15, 0.2) is 0 Å². The predicted molar refractivity (Wildman–Crippen MR) is 119 cm³/mol. The molecule has 32 heavy (non-hydrogen) atoms. The zero-order valence-electron chi connectivity index (χ0n) is 17.6. The van der Waals surface area contributed by atoms with Gasteiger partial charge in [-0.05, 0) is 36.6 Å². The summed E-state index contributed by atoms with van der Waals surface area (Å²) in [6.07, 6.45) is 1.85. The fourth-order valence-electron chi connectivity index (χ4n) is 3.40. The first-order chi connectivity index (χ1) is 15.4. The number of hydrogen-bond acceptors (Lipinski definition) is 4. The summed E-state index contributed by atoms with van der Waals surface area (Å²) in [6.45, 7) is 0.634. The Hall–Kier alpha value is -3.88. The number of nitrogens with zero attached hydrogens (tertiary/aromatic N) is 1. The van der Waals surface area contributed by atoms with E-state index in [-0.39, 0.29) is 24.8 Å². The first-order valence-electron chi connectivity index (χ1n) is 10.5. The summed E-state index contributed by atoms with van der Waals surface area (Å²) in [7, 11) is 0. The van der Waals surface area contributed by atoms with Crippen molar-refractivity contribution < 1.29 is 24.3 Å². The number of carboxylic acid groups (broad SMARTS) is 1. The lowest BCUT2D eigenvalue weighted by atomic mass is 10.1. The SMILES string of the molecule is O=C(O)CCCCCN1CC(=O)Nc2ccc(NC(=O)NCc3ccccc3)cc2C1=O. The smallest absolute Gasteiger partial charge is 0.319 e. The molecule has 4 N–H and O–H groups in total. The number of unbranched alkanes of at least 4 members (excludes halogenated alkanes) is 2. The van der Waals surface area contributed by atoms with Gasteiger partial charge in [0.05, 0.1) is 11.3 Å². The molecule has 2 aromatic rings. The van der Waals surface area contributed by atoms with E-state index in [0.717, 1.165) is 5.56 Å². The van der Waals surface area contributed by atoms with Crippen LogP contribution in [0.4, 0.5) is 16.2 Å². The second-order valence-electron chi connectivity index (χ2n) is 7.53. The Bertz CT molecular complexity index is 993. The van der Waals surface area contributed by atoms with Crippen LogP contribution < -0.4 is 16.0 Å². The largest absolute Gasteiger partial charge is 0.481 e. The van der Waals surface area contributed by atoms with Crippen LogP contribution in [0, 0.1) is 0 Å². The lowest BCUT2D eigenvalue weighted by Crippen LogP contribution is -2.35. The molecular formula is C23H26N4O5. The quantitative estimate of drug-likeness (QED) is 0.448. The number of carboxylic acids is 1. The lowest BCUT2D eigenvalue weighted by molar-refractivity contribution is -0.137. The van der Waals surface area contributed by atoms with Crippen molar-refractivity contribution in [1.82, 2.24) is 10.2 Å². The second-order valence-corrected chi connectivity index (χ2v) is 7.53. The highest BCUT2D eigenvalue weighted by molar-refractivity contribution is 6.09. The molecule has 4 amide bonds. The Labute approximate surface area is 185 Å². The van der Waals surface area contributed by atoms with E-state index < -0.39 is 12.0 Å². The van der Waals surface area contributed by atoms with Crippen LogP contribution in [0.15, 0.2) is 48.5 Å². The topological polar surface area (TPSA) is 128 Å². The van der Waals surface area contributed by atoms with E-state index in [4.69, 9.17) is 5.11 Å². The number of anilines is 2. The van der Waals surface area contributed by atoms with Crippen molar-refractivity contribution >= 4 is 35.2 Å². The molecule has 0 bridgehead atoms. The van der Waals surface area contributed by atoms with Crippen LogP contribution in [0.2, 0.25) is 0 Å². The van der Waals surface area contributed by atoms with Crippen molar-refractivity contribution in [3.8, 4) is 0 Å². The molecule has 0 saturated heterocycles. The van der Waals surface area contributed by atoms with Gasteiger partial charge in [-0.25, -0.2) is 4.79 Å². The fourth-order valence-corrected chi connectivity index (χ4v) is 3.40. The molecule has 9 nitrogen and oxygen atoms in total. The van der Waals surface area contributed by atoms with Crippen LogP contribution in [0.1, 0.15) is 41.6 Å². The molecule has 0 aromatic heterocycles. The second kappa shape index (κ2) is 10.9. The number of urea groups is 1. The van der Waals surface area contributed by atoms with Gasteiger partial charge in [0.25, 0.3) is 5.91 Å². The highest BCUT2D eigenvalue weighted by Gasteiger charge is 2.26. The summed E-state index contributed by atoms with van der Waals surface area (Å²) >= 11 is 0. The monoisotopic (exact) mass is 438 g/mol. The Morgan fingerprint density at radius 1 is 1.03 bits per heavy atom. The summed E-state index contributed by atoms with van der Waals surface area (Å²) in [6, 6.07) is 13.8. The first-order valence-corrected chi connectivity index (χ1v) is 10.5. The number of hydrogen-bond donors (Lipinski definition) is 4. The van der Waals surface area contributed by atoms with Gasteiger partial charge in [-0.3, -0.25) is 14.4 Å². The molecule has 1 aliphatic rings. The van der Waals surface area contributed by atoms with Crippen molar-refractivity contribution in [2.75, 3.05) is 23.7 Å². The lowest BCUT2D eigenvalue weighted by Gasteiger charge is -2.19. The third-order valence-corrected chi connectivity index (χ3v) is 5.02. The molecule has 1 aliphatic heterocycles. The maximum absolute atomic E-state index is 13.0. The zero-order valence-corrected chi connectivity index (χ0v) is 17.6. The van der Waals surface area contributed by atoms with Gasteiger partial charge in [0.2, 0.25) is 5.91 Å². The molecule has 1 heterocycles. The third-order valence-electron chi connectivity index (χ3n) is 5.02. The van der Waals surface area contributed by atoms with Crippen LogP contribution in [0.3, 0.4) is 0 Å². The number of fused-ring (bicyclic) bond motifs is 1. The number of aliphatic carboxylic acids is 1. The minimum atomic E-state index is -0.850. The maximum Gasteiger partial charge on any atom is 0.319 e.